The SMILES string of the molecule is C=CCC1=C(C(=O)OC)O[C@@H]([C@H](OC(C)=O)[C@@H](COC(C)=O)OC(C)=O)[C@H](NC(C)=O)[C@H]1OC(C)=O. The Kier molecular flexibility index (Phi) is 11.6. The second-order valence-electron chi connectivity index (χ2n) is 7.70. The lowest BCUT2D eigenvalue weighted by atomic mass is 9.87. The minimum atomic E-state index is -1.55. The molecule has 0 saturated heterocycles. The van der Waals surface area contributed by atoms with E-state index in [9.17, 15) is 28.8 Å². The highest BCUT2D eigenvalue weighted by atomic mass is 16.6. The molecule has 0 bridgehead atoms. The van der Waals surface area contributed by atoms with Crippen LogP contribution in [0.4, 0.5) is 0 Å². The lowest BCUT2D eigenvalue weighted by Gasteiger charge is -2.43. The topological polar surface area (TPSA) is 170 Å². The Labute approximate surface area is 208 Å². The van der Waals surface area contributed by atoms with E-state index in [1.807, 2.05) is 0 Å². The number of esters is 5. The summed E-state index contributed by atoms with van der Waals surface area (Å²) in [5.41, 5.74) is 0.118. The van der Waals surface area contributed by atoms with E-state index in [4.69, 9.17) is 28.4 Å². The number of carbonyl (C=O) groups excluding carboxylic acids is 6. The zero-order valence-electron chi connectivity index (χ0n) is 21.0. The molecule has 13 nitrogen and oxygen atoms in total. The number of rotatable bonds is 11. The lowest BCUT2D eigenvalue weighted by molar-refractivity contribution is -0.192. The number of carbonyl (C=O) groups is 6. The second-order valence-corrected chi connectivity index (χ2v) is 7.70. The molecule has 1 aliphatic rings. The van der Waals surface area contributed by atoms with Crippen LogP contribution in [-0.4, -0.2) is 79.9 Å². The minimum Gasteiger partial charge on any atom is -0.477 e. The molecule has 0 saturated carbocycles. The Morgan fingerprint density at radius 3 is 2.03 bits per heavy atom. The maximum atomic E-state index is 12.6. The van der Waals surface area contributed by atoms with E-state index in [1.165, 1.54) is 13.0 Å². The lowest BCUT2D eigenvalue weighted by Crippen LogP contribution is -2.63. The van der Waals surface area contributed by atoms with Crippen molar-refractivity contribution >= 4 is 35.8 Å². The number of methoxy groups -OCH3 is 1. The summed E-state index contributed by atoms with van der Waals surface area (Å²) >= 11 is 0. The average molecular weight is 513 g/mol. The number of amides is 1. The van der Waals surface area contributed by atoms with Crippen LogP contribution in [0.25, 0.3) is 0 Å². The molecule has 0 spiro atoms. The Morgan fingerprint density at radius 2 is 1.58 bits per heavy atom. The van der Waals surface area contributed by atoms with E-state index in [0.717, 1.165) is 34.8 Å². The monoisotopic (exact) mass is 513 g/mol. The van der Waals surface area contributed by atoms with Crippen molar-refractivity contribution in [3.63, 3.8) is 0 Å². The van der Waals surface area contributed by atoms with Gasteiger partial charge in [-0.05, 0) is 6.42 Å². The largest absolute Gasteiger partial charge is 0.477 e. The van der Waals surface area contributed by atoms with E-state index in [0.29, 0.717) is 0 Å². The molecule has 0 fully saturated rings. The molecule has 0 aromatic heterocycles. The predicted octanol–water partition coefficient (Wildman–Crippen LogP) is 0.251. The van der Waals surface area contributed by atoms with E-state index < -0.39 is 72.8 Å². The van der Waals surface area contributed by atoms with Crippen molar-refractivity contribution in [1.29, 1.82) is 0 Å². The van der Waals surface area contributed by atoms with Gasteiger partial charge in [-0.25, -0.2) is 4.79 Å². The molecule has 1 aliphatic heterocycles. The van der Waals surface area contributed by atoms with Crippen LogP contribution < -0.4 is 5.32 Å². The van der Waals surface area contributed by atoms with Gasteiger partial charge in [-0.3, -0.25) is 24.0 Å². The van der Waals surface area contributed by atoms with Crippen molar-refractivity contribution in [2.75, 3.05) is 13.7 Å². The number of allylic oxidation sites excluding steroid dienone is 1. The van der Waals surface area contributed by atoms with Gasteiger partial charge in [0.25, 0.3) is 0 Å². The highest BCUT2D eigenvalue weighted by Crippen LogP contribution is 2.34. The first-order chi connectivity index (χ1) is 16.8. The zero-order chi connectivity index (χ0) is 27.6. The van der Waals surface area contributed by atoms with Crippen LogP contribution in [0.3, 0.4) is 0 Å². The number of hydrogen-bond acceptors (Lipinski definition) is 12. The number of hydrogen-bond donors (Lipinski definition) is 1. The fourth-order valence-corrected chi connectivity index (χ4v) is 3.58. The predicted molar refractivity (Wildman–Crippen MR) is 120 cm³/mol. The molecule has 1 heterocycles. The van der Waals surface area contributed by atoms with Crippen molar-refractivity contribution in [3.05, 3.63) is 24.0 Å². The summed E-state index contributed by atoms with van der Waals surface area (Å²) in [4.78, 5) is 72.1. The Morgan fingerprint density at radius 1 is 0.972 bits per heavy atom. The highest BCUT2D eigenvalue weighted by molar-refractivity contribution is 5.88. The maximum absolute atomic E-state index is 12.6. The molecule has 0 aromatic carbocycles. The summed E-state index contributed by atoms with van der Waals surface area (Å²) in [7, 11) is 1.09. The fourth-order valence-electron chi connectivity index (χ4n) is 3.58. The molecule has 13 heteroatoms. The summed E-state index contributed by atoms with van der Waals surface area (Å²) in [6.07, 6.45) is -4.37. The molecule has 200 valence electrons. The quantitative estimate of drug-likeness (QED) is 0.227. The Hall–Kier alpha value is -3.90. The Balaban J connectivity index is 3.83. The molecule has 1 rings (SSSR count). The van der Waals surface area contributed by atoms with E-state index in [-0.39, 0.29) is 17.8 Å². The van der Waals surface area contributed by atoms with Crippen LogP contribution >= 0.6 is 0 Å². The molecule has 0 unspecified atom stereocenters. The number of ether oxygens (including phenoxy) is 6. The molecule has 0 radical (unpaired) electrons. The summed E-state index contributed by atoms with van der Waals surface area (Å²) < 4.78 is 31.8. The standard InChI is InChI=1S/C23H31NO12/c1-8-9-16-19(34-14(5)28)18(24-11(2)25)22(36-20(16)23(30)31-7)21(35-15(6)29)17(33-13(4)27)10-32-12(3)26/h8,17-19,21-22H,1,9-10H2,2-7H3,(H,24,25)/t17-,18-,19+,21-,22-/m1/s1. The van der Waals surface area contributed by atoms with Gasteiger partial charge in [0, 0.05) is 40.2 Å². The van der Waals surface area contributed by atoms with E-state index >= 15 is 0 Å². The van der Waals surface area contributed by atoms with Gasteiger partial charge in [0.1, 0.15) is 12.6 Å². The molecule has 0 aromatic rings. The van der Waals surface area contributed by atoms with Crippen molar-refractivity contribution in [2.45, 2.75) is 71.5 Å². The van der Waals surface area contributed by atoms with Crippen LogP contribution in [0.1, 0.15) is 41.0 Å². The van der Waals surface area contributed by atoms with E-state index in [2.05, 4.69) is 11.9 Å². The van der Waals surface area contributed by atoms with Crippen LogP contribution in [-0.2, 0) is 57.2 Å². The molecular weight excluding hydrogens is 482 g/mol. The van der Waals surface area contributed by atoms with Crippen LogP contribution in [0, 0.1) is 0 Å². The summed E-state index contributed by atoms with van der Waals surface area (Å²) in [6.45, 7) is 8.60. The molecule has 1 N–H and O–H groups in total. The van der Waals surface area contributed by atoms with E-state index in [1.54, 1.807) is 0 Å². The smallest absolute Gasteiger partial charge is 0.373 e. The van der Waals surface area contributed by atoms with Crippen molar-refractivity contribution in [2.24, 2.45) is 0 Å². The maximum Gasteiger partial charge on any atom is 0.373 e. The van der Waals surface area contributed by atoms with Gasteiger partial charge in [0.05, 0.1) is 7.11 Å². The van der Waals surface area contributed by atoms with Gasteiger partial charge in [-0.2, -0.15) is 0 Å². The van der Waals surface area contributed by atoms with Crippen LogP contribution in [0.15, 0.2) is 24.0 Å². The first-order valence-electron chi connectivity index (χ1n) is 10.8. The van der Waals surface area contributed by atoms with Crippen molar-refractivity contribution in [3.8, 4) is 0 Å². The van der Waals surface area contributed by atoms with Gasteiger partial charge in [0.2, 0.25) is 11.7 Å². The average Bonchev–Trinajstić information content (AvgIpc) is 2.76. The third-order valence-corrected chi connectivity index (χ3v) is 4.73. The first-order valence-corrected chi connectivity index (χ1v) is 10.8. The molecule has 1 amide bonds. The van der Waals surface area contributed by atoms with Gasteiger partial charge >= 0.3 is 29.8 Å². The van der Waals surface area contributed by atoms with Gasteiger partial charge in [-0.15, -0.1) is 6.58 Å². The summed E-state index contributed by atoms with van der Waals surface area (Å²) in [5.74, 6) is -5.09. The third-order valence-electron chi connectivity index (χ3n) is 4.73. The molecule has 0 aliphatic carbocycles. The van der Waals surface area contributed by atoms with Gasteiger partial charge < -0.3 is 33.7 Å². The highest BCUT2D eigenvalue weighted by Gasteiger charge is 2.51. The van der Waals surface area contributed by atoms with Crippen molar-refractivity contribution < 1.29 is 57.2 Å². The van der Waals surface area contributed by atoms with Gasteiger partial charge in [-0.1, -0.05) is 6.08 Å². The number of nitrogens with one attached hydrogen (secondary N) is 1. The summed E-state index contributed by atoms with van der Waals surface area (Å²) in [5, 5.41) is 2.58. The van der Waals surface area contributed by atoms with Crippen LogP contribution in [0.5, 0.6) is 0 Å². The van der Waals surface area contributed by atoms with Gasteiger partial charge in [0.15, 0.2) is 24.4 Å². The molecule has 36 heavy (non-hydrogen) atoms. The second kappa shape index (κ2) is 13.9. The first kappa shape index (κ1) is 30.1. The Bertz CT molecular complexity index is 924. The minimum absolute atomic E-state index is 0.00968. The summed E-state index contributed by atoms with van der Waals surface area (Å²) in [6, 6.07) is -1.26. The fraction of sp³-hybridized carbons (Fsp3) is 0.565. The molecular formula is C23H31NO12. The third kappa shape index (κ3) is 8.71. The normalized spacial score (nSPS) is 20.6. The zero-order valence-corrected chi connectivity index (χ0v) is 21.0. The molecule has 5 atom stereocenters. The van der Waals surface area contributed by atoms with Crippen molar-refractivity contribution in [1.82, 2.24) is 5.32 Å². The van der Waals surface area contributed by atoms with Crippen LogP contribution in [0.2, 0.25) is 0 Å².